The Morgan fingerprint density at radius 1 is 0.733 bits per heavy atom. The van der Waals surface area contributed by atoms with Crippen LogP contribution in [0.15, 0.2) is 85.5 Å². The second-order valence-corrected chi connectivity index (χ2v) is 7.10. The van der Waals surface area contributed by atoms with Gasteiger partial charge >= 0.3 is 0 Å². The standard InChI is InChI=1S/C24H16N6/c1-2-10-26-20(7-1)16-11-19-23(29-30-24(19)27-14-16)22-12-18-17(6-3-8-21(18)28-22)15-5-4-9-25-13-15/h1-14,28H,(H,27,29,30). The highest BCUT2D eigenvalue weighted by atomic mass is 15.2. The predicted octanol–water partition coefficient (Wildman–Crippen LogP) is 5.23. The van der Waals surface area contributed by atoms with Gasteiger partial charge < -0.3 is 4.98 Å². The molecule has 0 bridgehead atoms. The molecule has 6 heteroatoms. The van der Waals surface area contributed by atoms with Gasteiger partial charge in [0.1, 0.15) is 0 Å². The number of nitrogens with zero attached hydrogens (tertiary/aromatic N) is 4. The lowest BCUT2D eigenvalue weighted by Crippen LogP contribution is -1.85. The first kappa shape index (κ1) is 16.6. The number of aromatic amines is 2. The number of nitrogens with one attached hydrogen (secondary N) is 2. The molecule has 2 N–H and O–H groups in total. The SMILES string of the molecule is c1ccc(-c2cnc3n[nH]c(-c4cc5c(-c6cccnc6)cccc5[nH]4)c3c2)nc1. The first-order valence-corrected chi connectivity index (χ1v) is 9.65. The molecule has 0 fully saturated rings. The topological polar surface area (TPSA) is 83.1 Å². The minimum absolute atomic E-state index is 0.677. The Hall–Kier alpha value is -4.32. The molecule has 5 heterocycles. The van der Waals surface area contributed by atoms with Gasteiger partial charge in [-0.15, -0.1) is 0 Å². The highest BCUT2D eigenvalue weighted by molar-refractivity contribution is 6.01. The van der Waals surface area contributed by atoms with Crippen LogP contribution >= 0.6 is 0 Å². The molecule has 0 aliphatic rings. The van der Waals surface area contributed by atoms with E-state index in [-0.39, 0.29) is 0 Å². The number of H-pyrrole nitrogens is 2. The van der Waals surface area contributed by atoms with E-state index < -0.39 is 0 Å². The number of benzene rings is 1. The van der Waals surface area contributed by atoms with Gasteiger partial charge in [0.25, 0.3) is 0 Å². The maximum absolute atomic E-state index is 4.52. The Morgan fingerprint density at radius 2 is 1.73 bits per heavy atom. The Kier molecular flexibility index (Phi) is 3.67. The number of hydrogen-bond acceptors (Lipinski definition) is 4. The van der Waals surface area contributed by atoms with E-state index in [0.29, 0.717) is 5.65 Å². The van der Waals surface area contributed by atoms with Gasteiger partial charge in [-0.25, -0.2) is 4.98 Å². The zero-order chi connectivity index (χ0) is 19.9. The van der Waals surface area contributed by atoms with Crippen molar-refractivity contribution in [1.29, 1.82) is 0 Å². The van der Waals surface area contributed by atoms with Crippen molar-refractivity contribution >= 4 is 21.9 Å². The summed E-state index contributed by atoms with van der Waals surface area (Å²) >= 11 is 0. The van der Waals surface area contributed by atoms with Gasteiger partial charge in [0.05, 0.1) is 17.1 Å². The van der Waals surface area contributed by atoms with Crippen LogP contribution in [0.3, 0.4) is 0 Å². The van der Waals surface area contributed by atoms with Crippen LogP contribution in [0.25, 0.3) is 55.7 Å². The lowest BCUT2D eigenvalue weighted by molar-refractivity contribution is 1.10. The second kappa shape index (κ2) is 6.63. The summed E-state index contributed by atoms with van der Waals surface area (Å²) in [5.41, 5.74) is 7.67. The van der Waals surface area contributed by atoms with Crippen LogP contribution in [0.5, 0.6) is 0 Å². The van der Waals surface area contributed by atoms with Gasteiger partial charge in [-0.2, -0.15) is 5.10 Å². The minimum atomic E-state index is 0.677. The van der Waals surface area contributed by atoms with E-state index in [9.17, 15) is 0 Å². The van der Waals surface area contributed by atoms with Gasteiger partial charge in [-0.1, -0.05) is 24.3 Å². The van der Waals surface area contributed by atoms with Gasteiger partial charge in [0.2, 0.25) is 0 Å². The third kappa shape index (κ3) is 2.66. The summed E-state index contributed by atoms with van der Waals surface area (Å²) < 4.78 is 0. The maximum Gasteiger partial charge on any atom is 0.181 e. The van der Waals surface area contributed by atoms with E-state index in [1.54, 1.807) is 18.6 Å². The number of pyridine rings is 3. The molecule has 0 atom stereocenters. The average molecular weight is 388 g/mol. The van der Waals surface area contributed by atoms with E-state index in [0.717, 1.165) is 50.1 Å². The van der Waals surface area contributed by atoms with Crippen molar-refractivity contribution in [3.05, 3.63) is 85.5 Å². The maximum atomic E-state index is 4.52. The number of rotatable bonds is 3. The van der Waals surface area contributed by atoms with Crippen LogP contribution in [-0.4, -0.2) is 30.1 Å². The molecule has 6 rings (SSSR count). The van der Waals surface area contributed by atoms with Crippen molar-refractivity contribution in [3.63, 3.8) is 0 Å². The third-order valence-corrected chi connectivity index (χ3v) is 5.28. The van der Waals surface area contributed by atoms with Gasteiger partial charge in [-0.05, 0) is 42.0 Å². The van der Waals surface area contributed by atoms with E-state index in [2.05, 4.69) is 66.5 Å². The van der Waals surface area contributed by atoms with Crippen LogP contribution in [0.4, 0.5) is 0 Å². The summed E-state index contributed by atoms with van der Waals surface area (Å²) in [7, 11) is 0. The largest absolute Gasteiger partial charge is 0.353 e. The summed E-state index contributed by atoms with van der Waals surface area (Å²) in [6, 6.07) is 20.4. The van der Waals surface area contributed by atoms with Gasteiger partial charge in [0, 0.05) is 52.2 Å². The Labute approximate surface area is 171 Å². The Balaban J connectivity index is 1.52. The first-order valence-electron chi connectivity index (χ1n) is 9.65. The molecule has 6 aromatic rings. The number of hydrogen-bond donors (Lipinski definition) is 2. The average Bonchev–Trinajstić information content (AvgIpc) is 3.43. The fourth-order valence-corrected chi connectivity index (χ4v) is 3.84. The molecule has 1 aromatic carbocycles. The summed E-state index contributed by atoms with van der Waals surface area (Å²) in [4.78, 5) is 16.7. The van der Waals surface area contributed by atoms with E-state index >= 15 is 0 Å². The fourth-order valence-electron chi connectivity index (χ4n) is 3.84. The highest BCUT2D eigenvalue weighted by Crippen LogP contribution is 2.34. The van der Waals surface area contributed by atoms with Crippen molar-refractivity contribution in [1.82, 2.24) is 30.1 Å². The van der Waals surface area contributed by atoms with Crippen LogP contribution in [-0.2, 0) is 0 Å². The minimum Gasteiger partial charge on any atom is -0.353 e. The molecule has 0 saturated carbocycles. The molecule has 5 aromatic heterocycles. The Bertz CT molecular complexity index is 1480. The van der Waals surface area contributed by atoms with Crippen molar-refractivity contribution in [2.75, 3.05) is 0 Å². The number of fused-ring (bicyclic) bond motifs is 2. The molecular weight excluding hydrogens is 372 g/mol. The van der Waals surface area contributed by atoms with E-state index in [1.807, 2.05) is 30.5 Å². The highest BCUT2D eigenvalue weighted by Gasteiger charge is 2.14. The smallest absolute Gasteiger partial charge is 0.181 e. The second-order valence-electron chi connectivity index (χ2n) is 7.10. The monoisotopic (exact) mass is 388 g/mol. The van der Waals surface area contributed by atoms with Crippen LogP contribution in [0, 0.1) is 0 Å². The van der Waals surface area contributed by atoms with Crippen LogP contribution < -0.4 is 0 Å². The predicted molar refractivity (Wildman–Crippen MR) is 118 cm³/mol. The lowest BCUT2D eigenvalue weighted by atomic mass is 10.0. The normalized spacial score (nSPS) is 11.3. The molecule has 0 radical (unpaired) electrons. The quantitative estimate of drug-likeness (QED) is 0.435. The molecule has 0 aliphatic heterocycles. The van der Waals surface area contributed by atoms with Crippen molar-refractivity contribution in [3.8, 4) is 33.8 Å². The zero-order valence-corrected chi connectivity index (χ0v) is 15.9. The summed E-state index contributed by atoms with van der Waals surface area (Å²) in [5, 5.41) is 9.63. The lowest BCUT2D eigenvalue weighted by Gasteiger charge is -2.02. The van der Waals surface area contributed by atoms with E-state index in [1.165, 1.54) is 0 Å². The molecule has 0 saturated heterocycles. The number of aromatic nitrogens is 6. The first-order chi connectivity index (χ1) is 14.9. The summed E-state index contributed by atoms with van der Waals surface area (Å²) in [6.07, 6.45) is 7.26. The Morgan fingerprint density at radius 3 is 2.60 bits per heavy atom. The molecule has 0 spiro atoms. The van der Waals surface area contributed by atoms with Crippen molar-refractivity contribution < 1.29 is 0 Å². The fraction of sp³-hybridized carbons (Fsp3) is 0. The zero-order valence-electron chi connectivity index (χ0n) is 15.9. The van der Waals surface area contributed by atoms with Crippen LogP contribution in [0.1, 0.15) is 0 Å². The molecule has 0 unspecified atom stereocenters. The molecule has 0 aliphatic carbocycles. The van der Waals surface area contributed by atoms with E-state index in [4.69, 9.17) is 0 Å². The van der Waals surface area contributed by atoms with Crippen molar-refractivity contribution in [2.45, 2.75) is 0 Å². The molecule has 30 heavy (non-hydrogen) atoms. The van der Waals surface area contributed by atoms with Crippen molar-refractivity contribution in [2.24, 2.45) is 0 Å². The molecule has 0 amide bonds. The third-order valence-electron chi connectivity index (χ3n) is 5.28. The van der Waals surface area contributed by atoms with Crippen LogP contribution in [0.2, 0.25) is 0 Å². The molecular formula is C24H16N6. The summed E-state index contributed by atoms with van der Waals surface area (Å²) in [6.45, 7) is 0. The summed E-state index contributed by atoms with van der Waals surface area (Å²) in [5.74, 6) is 0. The van der Waals surface area contributed by atoms with Gasteiger partial charge in [-0.3, -0.25) is 15.1 Å². The van der Waals surface area contributed by atoms with Gasteiger partial charge in [0.15, 0.2) is 5.65 Å². The molecule has 142 valence electrons. The molecule has 6 nitrogen and oxygen atoms in total.